The number of hydrogen-bond donors (Lipinski definition) is 1. The van der Waals surface area contributed by atoms with Gasteiger partial charge in [0.1, 0.15) is 24.3 Å². The summed E-state index contributed by atoms with van der Waals surface area (Å²) in [6, 6.07) is 13.0. The molecule has 2 N–H and O–H groups in total. The lowest BCUT2D eigenvalue weighted by molar-refractivity contribution is 0.107. The summed E-state index contributed by atoms with van der Waals surface area (Å²) in [5.41, 5.74) is 1.39. The Morgan fingerprint density at radius 3 is 2.36 bits per heavy atom. The molecule has 3 rings (SSSR count). The van der Waals surface area contributed by atoms with Crippen LogP contribution in [0.2, 0.25) is 0 Å². The second-order valence-electron chi connectivity index (χ2n) is 6.07. The summed E-state index contributed by atoms with van der Waals surface area (Å²) in [4.78, 5) is 12.0. The van der Waals surface area contributed by atoms with E-state index in [0.29, 0.717) is 18.0 Å². The van der Waals surface area contributed by atoms with Crippen LogP contribution in [0.3, 0.4) is 0 Å². The molecule has 0 spiro atoms. The van der Waals surface area contributed by atoms with Crippen molar-refractivity contribution in [2.24, 2.45) is 5.84 Å². The SMILES string of the molecule is NN(C(=O)OC1CCCC1)c1ccc(OCc2ccc(F)cc2)cc1. The van der Waals surface area contributed by atoms with E-state index in [1.807, 2.05) is 0 Å². The number of rotatable bonds is 5. The average Bonchev–Trinajstić information content (AvgIpc) is 3.14. The van der Waals surface area contributed by atoms with Crippen LogP contribution in [-0.2, 0) is 11.3 Å². The Hall–Kier alpha value is -2.60. The lowest BCUT2D eigenvalue weighted by Gasteiger charge is -2.19. The smallest absolute Gasteiger partial charge is 0.429 e. The molecule has 6 heteroatoms. The van der Waals surface area contributed by atoms with E-state index in [9.17, 15) is 9.18 Å². The highest BCUT2D eigenvalue weighted by Crippen LogP contribution is 2.23. The molecule has 1 aliphatic rings. The first-order valence-corrected chi connectivity index (χ1v) is 8.34. The molecule has 0 radical (unpaired) electrons. The van der Waals surface area contributed by atoms with Crippen LogP contribution >= 0.6 is 0 Å². The zero-order valence-corrected chi connectivity index (χ0v) is 13.9. The number of nitrogens with zero attached hydrogens (tertiary/aromatic N) is 1. The third-order valence-electron chi connectivity index (χ3n) is 4.20. The first kappa shape index (κ1) is 17.2. The molecule has 0 bridgehead atoms. The number of amides is 1. The number of anilines is 1. The molecule has 2 aromatic rings. The molecule has 25 heavy (non-hydrogen) atoms. The first-order valence-electron chi connectivity index (χ1n) is 8.34. The zero-order valence-electron chi connectivity index (χ0n) is 13.9. The molecule has 0 atom stereocenters. The van der Waals surface area contributed by atoms with Gasteiger partial charge in [0.05, 0.1) is 5.69 Å². The third kappa shape index (κ3) is 4.70. The second kappa shape index (κ2) is 7.98. The van der Waals surface area contributed by atoms with Gasteiger partial charge in [-0.1, -0.05) is 12.1 Å². The number of carbonyl (C=O) groups excluding carboxylic acids is 1. The Morgan fingerprint density at radius 2 is 1.72 bits per heavy atom. The van der Waals surface area contributed by atoms with Crippen LogP contribution in [0.4, 0.5) is 14.9 Å². The van der Waals surface area contributed by atoms with Crippen molar-refractivity contribution < 1.29 is 18.7 Å². The van der Waals surface area contributed by atoms with Gasteiger partial charge < -0.3 is 9.47 Å². The monoisotopic (exact) mass is 344 g/mol. The lowest BCUT2D eigenvalue weighted by atomic mass is 10.2. The van der Waals surface area contributed by atoms with Gasteiger partial charge in [-0.2, -0.15) is 0 Å². The minimum atomic E-state index is -0.549. The molecule has 1 aliphatic carbocycles. The van der Waals surface area contributed by atoms with Gasteiger partial charge in [-0.25, -0.2) is 20.0 Å². The molecule has 2 aromatic carbocycles. The van der Waals surface area contributed by atoms with Crippen molar-refractivity contribution in [2.45, 2.75) is 38.4 Å². The molecule has 1 saturated carbocycles. The van der Waals surface area contributed by atoms with Crippen LogP contribution in [0.1, 0.15) is 31.2 Å². The van der Waals surface area contributed by atoms with E-state index in [2.05, 4.69) is 0 Å². The first-order chi connectivity index (χ1) is 12.1. The highest BCUT2D eigenvalue weighted by Gasteiger charge is 2.22. The molecule has 1 amide bonds. The van der Waals surface area contributed by atoms with E-state index >= 15 is 0 Å². The standard InChI is InChI=1S/C19H21FN2O3/c20-15-7-5-14(6-8-15)13-24-17-11-9-16(10-12-17)22(21)19(23)25-18-3-1-2-4-18/h5-12,18H,1-4,13,21H2. The van der Waals surface area contributed by atoms with Gasteiger partial charge in [0.25, 0.3) is 0 Å². The number of halogens is 1. The molecular weight excluding hydrogens is 323 g/mol. The summed E-state index contributed by atoms with van der Waals surface area (Å²) in [5.74, 6) is 6.18. The highest BCUT2D eigenvalue weighted by molar-refractivity contribution is 5.86. The molecule has 0 unspecified atom stereocenters. The summed E-state index contributed by atoms with van der Waals surface area (Å²) in [6.07, 6.45) is 3.39. The summed E-state index contributed by atoms with van der Waals surface area (Å²) in [6.45, 7) is 0.329. The molecule has 0 aliphatic heterocycles. The molecule has 0 saturated heterocycles. The van der Waals surface area contributed by atoms with E-state index < -0.39 is 6.09 Å². The number of benzene rings is 2. The molecule has 0 aromatic heterocycles. The number of carbonyl (C=O) groups is 1. The van der Waals surface area contributed by atoms with Crippen LogP contribution < -0.4 is 15.6 Å². The molecule has 0 heterocycles. The van der Waals surface area contributed by atoms with Crippen molar-refractivity contribution in [3.05, 3.63) is 59.9 Å². The fraction of sp³-hybridized carbons (Fsp3) is 0.316. The number of ether oxygens (including phenoxy) is 2. The maximum atomic E-state index is 12.9. The minimum absolute atomic E-state index is 0.0307. The van der Waals surface area contributed by atoms with E-state index in [4.69, 9.17) is 15.3 Å². The average molecular weight is 344 g/mol. The molecule has 1 fully saturated rings. The Kier molecular flexibility index (Phi) is 5.50. The van der Waals surface area contributed by atoms with Crippen molar-refractivity contribution >= 4 is 11.8 Å². The fourth-order valence-electron chi connectivity index (χ4n) is 2.76. The van der Waals surface area contributed by atoms with Crippen molar-refractivity contribution in [1.29, 1.82) is 0 Å². The Bertz CT molecular complexity index is 698. The molecule has 5 nitrogen and oxygen atoms in total. The molecule has 132 valence electrons. The minimum Gasteiger partial charge on any atom is -0.489 e. The zero-order chi connectivity index (χ0) is 17.6. The number of hydrogen-bond acceptors (Lipinski definition) is 4. The molecular formula is C19H21FN2O3. The predicted octanol–water partition coefficient (Wildman–Crippen LogP) is 4.16. The van der Waals surface area contributed by atoms with Crippen molar-refractivity contribution in [3.8, 4) is 5.75 Å². The number of hydrazine groups is 1. The normalized spacial score (nSPS) is 14.3. The Labute approximate surface area is 146 Å². The van der Waals surface area contributed by atoms with Crippen LogP contribution in [0.15, 0.2) is 48.5 Å². The summed E-state index contributed by atoms with van der Waals surface area (Å²) in [7, 11) is 0. The summed E-state index contributed by atoms with van der Waals surface area (Å²) >= 11 is 0. The van der Waals surface area contributed by atoms with Gasteiger partial charge in [0, 0.05) is 0 Å². The van der Waals surface area contributed by atoms with E-state index in [-0.39, 0.29) is 11.9 Å². The second-order valence-corrected chi connectivity index (χ2v) is 6.07. The quantitative estimate of drug-likeness (QED) is 0.502. The van der Waals surface area contributed by atoms with Gasteiger partial charge in [0.2, 0.25) is 0 Å². The van der Waals surface area contributed by atoms with Crippen molar-refractivity contribution in [2.75, 3.05) is 5.01 Å². The fourth-order valence-corrected chi connectivity index (χ4v) is 2.76. The Balaban J connectivity index is 1.53. The van der Waals surface area contributed by atoms with E-state index in [0.717, 1.165) is 36.3 Å². The summed E-state index contributed by atoms with van der Waals surface area (Å²) < 4.78 is 23.9. The summed E-state index contributed by atoms with van der Waals surface area (Å²) in [5, 5.41) is 1.00. The van der Waals surface area contributed by atoms with Crippen LogP contribution in [0.25, 0.3) is 0 Å². The van der Waals surface area contributed by atoms with Crippen molar-refractivity contribution in [3.63, 3.8) is 0 Å². The predicted molar refractivity (Wildman–Crippen MR) is 92.6 cm³/mol. The van der Waals surface area contributed by atoms with Gasteiger partial charge in [-0.15, -0.1) is 0 Å². The van der Waals surface area contributed by atoms with E-state index in [1.54, 1.807) is 36.4 Å². The van der Waals surface area contributed by atoms with Gasteiger partial charge in [0.15, 0.2) is 0 Å². The topological polar surface area (TPSA) is 64.8 Å². The maximum absolute atomic E-state index is 12.9. The van der Waals surface area contributed by atoms with E-state index in [1.165, 1.54) is 12.1 Å². The van der Waals surface area contributed by atoms with Crippen molar-refractivity contribution in [1.82, 2.24) is 0 Å². The number of nitrogens with two attached hydrogens (primary N) is 1. The van der Waals surface area contributed by atoms with Crippen LogP contribution in [-0.4, -0.2) is 12.2 Å². The third-order valence-corrected chi connectivity index (χ3v) is 4.20. The Morgan fingerprint density at radius 1 is 1.08 bits per heavy atom. The maximum Gasteiger partial charge on any atom is 0.429 e. The van der Waals surface area contributed by atoms with Gasteiger partial charge >= 0.3 is 6.09 Å². The van der Waals surface area contributed by atoms with Gasteiger partial charge in [-0.3, -0.25) is 0 Å². The van der Waals surface area contributed by atoms with Gasteiger partial charge in [-0.05, 0) is 67.6 Å². The lowest BCUT2D eigenvalue weighted by Crippen LogP contribution is -2.39. The van der Waals surface area contributed by atoms with Crippen LogP contribution in [0, 0.1) is 5.82 Å². The van der Waals surface area contributed by atoms with Crippen LogP contribution in [0.5, 0.6) is 5.75 Å². The largest absolute Gasteiger partial charge is 0.489 e. The highest BCUT2D eigenvalue weighted by atomic mass is 19.1.